The number of alkyl halides is 3. The minimum atomic E-state index is -3.60. The highest BCUT2D eigenvalue weighted by molar-refractivity contribution is 14.1. The number of nitrogens with zero attached hydrogens (tertiary/aromatic N) is 2. The first-order valence-corrected chi connectivity index (χ1v) is 5.97. The number of aliphatic hydroxyl groups is 1. The van der Waals surface area contributed by atoms with Crippen molar-refractivity contribution in [3.63, 3.8) is 0 Å². The second-order valence-electron chi connectivity index (χ2n) is 3.53. The van der Waals surface area contributed by atoms with Crippen LogP contribution in [-0.2, 0) is 14.4 Å². The molecule has 18 heavy (non-hydrogen) atoms. The molecule has 0 spiro atoms. The highest BCUT2D eigenvalue weighted by atomic mass is 127. The van der Waals surface area contributed by atoms with E-state index < -0.39 is 16.1 Å². The average Bonchev–Trinajstić information content (AvgIpc) is 2.54. The summed E-state index contributed by atoms with van der Waals surface area (Å²) in [5, 5.41) is 10.2. The van der Waals surface area contributed by atoms with Crippen LogP contribution in [0.4, 0.5) is 8.78 Å². The fraction of sp³-hybridized carbons (Fsp3) is 0.556. The molecule has 0 aromatic heterocycles. The molecule has 0 aromatic rings. The Morgan fingerprint density at radius 1 is 1.72 bits per heavy atom. The molecule has 1 heterocycles. The maximum absolute atomic E-state index is 12.5. The van der Waals surface area contributed by atoms with E-state index in [-0.39, 0.29) is 19.0 Å². The van der Waals surface area contributed by atoms with Crippen LogP contribution in [0, 0.1) is 0 Å². The van der Waals surface area contributed by atoms with E-state index in [1.807, 2.05) is 0 Å². The monoisotopic (exact) mass is 376 g/mol. The first-order valence-electron chi connectivity index (χ1n) is 4.89. The number of aliphatic hydroxyl groups excluding tert-OH is 1. The zero-order valence-electron chi connectivity index (χ0n) is 9.35. The number of likely N-dealkylation sites (N-methyl/N-ethyl adjacent to an activating group) is 1. The van der Waals surface area contributed by atoms with Crippen molar-refractivity contribution in [2.75, 3.05) is 20.1 Å². The highest BCUT2D eigenvalue weighted by Gasteiger charge is 2.38. The number of hydroxylamine groups is 2. The number of halogens is 3. The summed E-state index contributed by atoms with van der Waals surface area (Å²) in [7, 11) is 1.28. The largest absolute Gasteiger partial charge is 0.406 e. The Labute approximate surface area is 115 Å². The maximum Gasteiger partial charge on any atom is 0.406 e. The molecule has 1 rings (SSSR count). The van der Waals surface area contributed by atoms with E-state index in [2.05, 4.69) is 4.84 Å². The van der Waals surface area contributed by atoms with Crippen molar-refractivity contribution in [2.45, 2.75) is 10.2 Å². The van der Waals surface area contributed by atoms with Crippen LogP contribution in [0.2, 0.25) is 0 Å². The van der Waals surface area contributed by atoms with Crippen LogP contribution in [-0.4, -0.2) is 57.2 Å². The SMILES string of the molecule is CN(CCN1C(=O)C=CC1O)OC(=O)C(F)(F)I. The molecule has 1 aliphatic rings. The van der Waals surface area contributed by atoms with E-state index in [4.69, 9.17) is 0 Å². The van der Waals surface area contributed by atoms with Crippen LogP contribution in [0.15, 0.2) is 12.2 Å². The second-order valence-corrected chi connectivity index (χ2v) is 4.89. The summed E-state index contributed by atoms with van der Waals surface area (Å²) in [4.78, 5) is 27.5. The normalized spacial score (nSPS) is 19.8. The second kappa shape index (κ2) is 5.89. The van der Waals surface area contributed by atoms with E-state index in [1.165, 1.54) is 19.2 Å². The number of carbonyl (C=O) groups is 2. The van der Waals surface area contributed by atoms with Crippen molar-refractivity contribution >= 4 is 34.5 Å². The Kier molecular flexibility index (Phi) is 4.99. The third kappa shape index (κ3) is 4.14. The van der Waals surface area contributed by atoms with E-state index in [0.717, 1.165) is 9.96 Å². The van der Waals surface area contributed by atoms with Crippen LogP contribution in [0.25, 0.3) is 0 Å². The average molecular weight is 376 g/mol. The third-order valence-corrected chi connectivity index (χ3v) is 2.58. The topological polar surface area (TPSA) is 70.1 Å². The lowest BCUT2D eigenvalue weighted by Crippen LogP contribution is -2.41. The Morgan fingerprint density at radius 2 is 2.33 bits per heavy atom. The number of hydrogen-bond acceptors (Lipinski definition) is 5. The predicted molar refractivity (Wildman–Crippen MR) is 64.5 cm³/mol. The quantitative estimate of drug-likeness (QED) is 0.420. The predicted octanol–water partition coefficient (Wildman–Crippen LogP) is 0.121. The smallest absolute Gasteiger partial charge is 0.370 e. The Hall–Kier alpha value is -0.810. The molecule has 0 bridgehead atoms. The zero-order valence-corrected chi connectivity index (χ0v) is 11.5. The Morgan fingerprint density at radius 3 is 2.78 bits per heavy atom. The van der Waals surface area contributed by atoms with Gasteiger partial charge in [0.1, 0.15) is 6.23 Å². The van der Waals surface area contributed by atoms with Crippen LogP contribution in [0.5, 0.6) is 0 Å². The fourth-order valence-corrected chi connectivity index (χ4v) is 1.33. The van der Waals surface area contributed by atoms with Crippen molar-refractivity contribution in [3.8, 4) is 0 Å². The molecule has 0 saturated heterocycles. The molecule has 0 saturated carbocycles. The molecule has 9 heteroatoms. The van der Waals surface area contributed by atoms with Gasteiger partial charge in [0.2, 0.25) is 5.91 Å². The van der Waals surface area contributed by atoms with Gasteiger partial charge in [0.15, 0.2) is 0 Å². The van der Waals surface area contributed by atoms with Crippen LogP contribution in [0.3, 0.4) is 0 Å². The summed E-state index contributed by atoms with van der Waals surface area (Å²) >= 11 is 0.660. The lowest BCUT2D eigenvalue weighted by molar-refractivity contribution is -0.199. The van der Waals surface area contributed by atoms with Gasteiger partial charge in [0, 0.05) is 42.3 Å². The molecule has 1 atom stereocenters. The molecule has 0 radical (unpaired) electrons. The summed E-state index contributed by atoms with van der Waals surface area (Å²) in [6.07, 6.45) is 1.47. The van der Waals surface area contributed by atoms with Gasteiger partial charge >= 0.3 is 9.90 Å². The van der Waals surface area contributed by atoms with Crippen LogP contribution in [0.1, 0.15) is 0 Å². The Bertz CT molecular complexity index is 372. The number of amides is 1. The van der Waals surface area contributed by atoms with Gasteiger partial charge in [-0.05, 0) is 6.08 Å². The van der Waals surface area contributed by atoms with Crippen molar-refractivity contribution < 1.29 is 28.3 Å². The van der Waals surface area contributed by atoms with E-state index in [0.29, 0.717) is 22.6 Å². The van der Waals surface area contributed by atoms with Gasteiger partial charge in [-0.1, -0.05) is 0 Å². The van der Waals surface area contributed by atoms with Crippen molar-refractivity contribution in [1.29, 1.82) is 0 Å². The fourth-order valence-electron chi connectivity index (χ4n) is 1.23. The first kappa shape index (κ1) is 15.2. The van der Waals surface area contributed by atoms with Gasteiger partial charge in [-0.2, -0.15) is 8.78 Å². The summed E-state index contributed by atoms with van der Waals surface area (Å²) in [6, 6.07) is 0. The lowest BCUT2D eigenvalue weighted by atomic mass is 10.5. The van der Waals surface area contributed by atoms with Crippen LogP contribution < -0.4 is 0 Å². The minimum absolute atomic E-state index is 0.00292. The van der Waals surface area contributed by atoms with Crippen molar-refractivity contribution in [1.82, 2.24) is 9.96 Å². The van der Waals surface area contributed by atoms with Gasteiger partial charge < -0.3 is 14.8 Å². The molecule has 0 aromatic carbocycles. The molecule has 0 fully saturated rings. The maximum atomic E-state index is 12.5. The minimum Gasteiger partial charge on any atom is -0.370 e. The van der Waals surface area contributed by atoms with Gasteiger partial charge in [-0.15, -0.1) is 5.06 Å². The van der Waals surface area contributed by atoms with E-state index in [1.54, 1.807) is 0 Å². The van der Waals surface area contributed by atoms with Crippen molar-refractivity contribution in [3.05, 3.63) is 12.2 Å². The number of carbonyl (C=O) groups excluding carboxylic acids is 2. The molecular formula is C9H11F2IN2O4. The molecule has 0 aliphatic carbocycles. The van der Waals surface area contributed by atoms with Gasteiger partial charge in [-0.25, -0.2) is 4.79 Å². The summed E-state index contributed by atoms with van der Waals surface area (Å²) in [5.74, 6) is -2.07. The number of hydrogen-bond donors (Lipinski definition) is 1. The number of rotatable bonds is 5. The highest BCUT2D eigenvalue weighted by Crippen LogP contribution is 2.24. The first-order chi connectivity index (χ1) is 8.21. The van der Waals surface area contributed by atoms with Gasteiger partial charge in [-0.3, -0.25) is 4.79 Å². The molecule has 1 amide bonds. The summed E-state index contributed by atoms with van der Waals surface area (Å²) < 4.78 is 21.4. The third-order valence-electron chi connectivity index (χ3n) is 2.14. The molecule has 1 unspecified atom stereocenters. The van der Waals surface area contributed by atoms with Gasteiger partial charge in [0.25, 0.3) is 0 Å². The zero-order chi connectivity index (χ0) is 13.9. The molecular weight excluding hydrogens is 365 g/mol. The Balaban J connectivity index is 2.36. The summed E-state index contributed by atoms with van der Waals surface area (Å²) in [5.41, 5.74) is 0. The van der Waals surface area contributed by atoms with E-state index in [9.17, 15) is 23.5 Å². The molecule has 102 valence electrons. The van der Waals surface area contributed by atoms with Crippen molar-refractivity contribution in [2.24, 2.45) is 0 Å². The molecule has 1 aliphatic heterocycles. The van der Waals surface area contributed by atoms with Gasteiger partial charge in [0.05, 0.1) is 6.54 Å². The lowest BCUT2D eigenvalue weighted by Gasteiger charge is -2.24. The standard InChI is InChI=1S/C9H11F2IN2O4/c1-13(18-8(17)9(10,11)12)4-5-14-6(15)2-3-7(14)16/h2-3,6,15H,4-5H2,1H3. The summed E-state index contributed by atoms with van der Waals surface area (Å²) in [6.45, 7) is 0.0482. The molecule has 6 nitrogen and oxygen atoms in total. The van der Waals surface area contributed by atoms with Crippen LogP contribution >= 0.6 is 22.6 Å². The molecule has 1 N–H and O–H groups in total. The van der Waals surface area contributed by atoms with E-state index >= 15 is 0 Å².